The lowest BCUT2D eigenvalue weighted by molar-refractivity contribution is 0.0695. The van der Waals surface area contributed by atoms with Crippen LogP contribution in [0.3, 0.4) is 0 Å². The number of hydrogen-bond acceptors (Lipinski definition) is 3. The smallest absolute Gasteiger partial charge is 0.336 e. The van der Waals surface area contributed by atoms with Gasteiger partial charge in [0.2, 0.25) is 0 Å². The summed E-state index contributed by atoms with van der Waals surface area (Å²) in [6.07, 6.45) is 5.72. The molecule has 1 N–H and O–H groups in total. The number of aromatic carboxylic acids is 1. The predicted octanol–water partition coefficient (Wildman–Crippen LogP) is 5.25. The van der Waals surface area contributed by atoms with Gasteiger partial charge in [-0.1, -0.05) is 36.4 Å². The van der Waals surface area contributed by atoms with Crippen molar-refractivity contribution in [1.82, 2.24) is 4.98 Å². The second-order valence-electron chi connectivity index (χ2n) is 7.28. The van der Waals surface area contributed by atoms with E-state index < -0.39 is 5.97 Å². The van der Waals surface area contributed by atoms with E-state index in [-0.39, 0.29) is 0 Å². The molecule has 0 fully saturated rings. The number of ether oxygens (including phenoxy) is 1. The van der Waals surface area contributed by atoms with Gasteiger partial charge in [0, 0.05) is 12.4 Å². The molecule has 4 heteroatoms. The molecule has 1 aliphatic rings. The number of aromatic nitrogens is 1. The van der Waals surface area contributed by atoms with Crippen molar-refractivity contribution < 1.29 is 14.6 Å². The average Bonchev–Trinajstić information content (AvgIpc) is 2.72. The lowest BCUT2D eigenvalue weighted by Gasteiger charge is -2.27. The van der Waals surface area contributed by atoms with Crippen molar-refractivity contribution in [2.45, 2.75) is 32.1 Å². The molecule has 2 heterocycles. The SMILES string of the molecule is Cc1ccccc1-c1ccc2c(c1)OCC[C@H]2CCc1cnccc1C(=O)O. The van der Waals surface area contributed by atoms with Crippen LogP contribution in [0.15, 0.2) is 60.9 Å². The quantitative estimate of drug-likeness (QED) is 0.663. The third-order valence-electron chi connectivity index (χ3n) is 5.53. The third-order valence-corrected chi connectivity index (χ3v) is 5.53. The molecule has 2 aromatic carbocycles. The van der Waals surface area contributed by atoms with Gasteiger partial charge in [-0.3, -0.25) is 4.98 Å². The maximum atomic E-state index is 11.4. The molecule has 0 bridgehead atoms. The Kier molecular flexibility index (Phi) is 5.11. The van der Waals surface area contributed by atoms with Gasteiger partial charge in [0.25, 0.3) is 0 Å². The number of fused-ring (bicyclic) bond motifs is 1. The van der Waals surface area contributed by atoms with Crippen LogP contribution in [0.1, 0.15) is 45.8 Å². The first-order chi connectivity index (χ1) is 13.6. The second-order valence-corrected chi connectivity index (χ2v) is 7.28. The van der Waals surface area contributed by atoms with E-state index in [0.717, 1.165) is 29.7 Å². The molecule has 142 valence electrons. The molecular formula is C24H23NO3. The number of aryl methyl sites for hydroxylation is 2. The molecule has 0 saturated carbocycles. The largest absolute Gasteiger partial charge is 0.493 e. The van der Waals surface area contributed by atoms with Crippen molar-refractivity contribution in [3.8, 4) is 16.9 Å². The molecule has 3 aromatic rings. The Morgan fingerprint density at radius 2 is 2.07 bits per heavy atom. The highest BCUT2D eigenvalue weighted by atomic mass is 16.5. The fourth-order valence-corrected chi connectivity index (χ4v) is 3.99. The van der Waals surface area contributed by atoms with Crippen LogP contribution < -0.4 is 4.74 Å². The van der Waals surface area contributed by atoms with Crippen LogP contribution >= 0.6 is 0 Å². The van der Waals surface area contributed by atoms with Crippen LogP contribution in [-0.4, -0.2) is 22.7 Å². The van der Waals surface area contributed by atoms with Gasteiger partial charge in [-0.25, -0.2) is 4.79 Å². The third kappa shape index (κ3) is 3.63. The normalized spacial score (nSPS) is 15.5. The number of pyridine rings is 1. The number of carboxylic acid groups (broad SMARTS) is 1. The van der Waals surface area contributed by atoms with E-state index in [4.69, 9.17) is 4.74 Å². The number of hydrogen-bond donors (Lipinski definition) is 1. The molecule has 0 aliphatic carbocycles. The highest BCUT2D eigenvalue weighted by Gasteiger charge is 2.23. The first kappa shape index (κ1) is 18.2. The van der Waals surface area contributed by atoms with E-state index in [2.05, 4.69) is 48.3 Å². The van der Waals surface area contributed by atoms with Crippen LogP contribution in [0.4, 0.5) is 0 Å². The van der Waals surface area contributed by atoms with Crippen molar-refractivity contribution in [3.05, 3.63) is 83.2 Å². The van der Waals surface area contributed by atoms with Crippen LogP contribution in [0.25, 0.3) is 11.1 Å². The highest BCUT2D eigenvalue weighted by molar-refractivity contribution is 5.89. The number of nitrogens with zero attached hydrogens (tertiary/aromatic N) is 1. The minimum Gasteiger partial charge on any atom is -0.493 e. The Balaban J connectivity index is 1.57. The summed E-state index contributed by atoms with van der Waals surface area (Å²) in [5.41, 5.74) is 5.98. The molecule has 1 aromatic heterocycles. The van der Waals surface area contributed by atoms with Crippen LogP contribution in [0.2, 0.25) is 0 Å². The monoisotopic (exact) mass is 373 g/mol. The summed E-state index contributed by atoms with van der Waals surface area (Å²) in [5, 5.41) is 9.37. The van der Waals surface area contributed by atoms with Crippen molar-refractivity contribution >= 4 is 5.97 Å². The first-order valence-electron chi connectivity index (χ1n) is 9.62. The van der Waals surface area contributed by atoms with Crippen molar-refractivity contribution in [2.24, 2.45) is 0 Å². The molecule has 1 atom stereocenters. The summed E-state index contributed by atoms with van der Waals surface area (Å²) in [4.78, 5) is 15.5. The Labute approximate surface area is 164 Å². The Morgan fingerprint density at radius 3 is 2.89 bits per heavy atom. The standard InChI is InChI=1S/C24H23NO3/c1-16-4-2-3-5-20(16)18-8-9-21-17(11-13-28-23(21)14-18)6-7-19-15-25-12-10-22(19)24(26)27/h2-5,8-10,12,14-15,17H,6-7,11,13H2,1H3,(H,26,27)/t17-/m1/s1. The fourth-order valence-electron chi connectivity index (χ4n) is 3.99. The molecule has 4 nitrogen and oxygen atoms in total. The lowest BCUT2D eigenvalue weighted by atomic mass is 9.86. The molecule has 0 unspecified atom stereocenters. The van der Waals surface area contributed by atoms with E-state index in [1.165, 1.54) is 22.9 Å². The molecule has 0 amide bonds. The minimum atomic E-state index is -0.896. The first-order valence-corrected chi connectivity index (χ1v) is 9.62. The van der Waals surface area contributed by atoms with Gasteiger partial charge in [0.1, 0.15) is 5.75 Å². The van der Waals surface area contributed by atoms with Crippen molar-refractivity contribution in [2.75, 3.05) is 6.61 Å². The summed E-state index contributed by atoms with van der Waals surface area (Å²) in [5.74, 6) is 0.408. The average molecular weight is 373 g/mol. The zero-order valence-electron chi connectivity index (χ0n) is 15.9. The maximum Gasteiger partial charge on any atom is 0.336 e. The fraction of sp³-hybridized carbons (Fsp3) is 0.250. The van der Waals surface area contributed by atoms with E-state index in [1.54, 1.807) is 12.3 Å². The van der Waals surface area contributed by atoms with Crippen molar-refractivity contribution in [3.63, 3.8) is 0 Å². The van der Waals surface area contributed by atoms with Crippen LogP contribution in [0, 0.1) is 6.92 Å². The minimum absolute atomic E-state index is 0.345. The molecule has 1 aliphatic heterocycles. The maximum absolute atomic E-state index is 11.4. The Hall–Kier alpha value is -3.14. The zero-order chi connectivity index (χ0) is 19.5. The van der Waals surface area contributed by atoms with Gasteiger partial charge >= 0.3 is 5.97 Å². The van der Waals surface area contributed by atoms with E-state index in [1.807, 2.05) is 6.07 Å². The molecule has 0 spiro atoms. The van der Waals surface area contributed by atoms with Gasteiger partial charge in [-0.05, 0) is 72.1 Å². The summed E-state index contributed by atoms with van der Waals surface area (Å²) < 4.78 is 5.96. The van der Waals surface area contributed by atoms with E-state index in [0.29, 0.717) is 24.5 Å². The lowest BCUT2D eigenvalue weighted by Crippen LogP contribution is -2.15. The summed E-state index contributed by atoms with van der Waals surface area (Å²) in [6, 6.07) is 16.4. The predicted molar refractivity (Wildman–Crippen MR) is 109 cm³/mol. The van der Waals surface area contributed by atoms with Gasteiger partial charge in [0.05, 0.1) is 12.2 Å². The van der Waals surface area contributed by atoms with Crippen LogP contribution in [-0.2, 0) is 6.42 Å². The number of carbonyl (C=O) groups is 1. The Morgan fingerprint density at radius 1 is 1.21 bits per heavy atom. The summed E-state index contributed by atoms with van der Waals surface area (Å²) in [7, 11) is 0. The van der Waals surface area contributed by atoms with Gasteiger partial charge in [0.15, 0.2) is 0 Å². The van der Waals surface area contributed by atoms with Crippen LogP contribution in [0.5, 0.6) is 5.75 Å². The van der Waals surface area contributed by atoms with Gasteiger partial charge in [-0.2, -0.15) is 0 Å². The molecule has 28 heavy (non-hydrogen) atoms. The molecule has 4 rings (SSSR count). The van der Waals surface area contributed by atoms with Crippen molar-refractivity contribution in [1.29, 1.82) is 0 Å². The molecule has 0 radical (unpaired) electrons. The number of benzene rings is 2. The highest BCUT2D eigenvalue weighted by Crippen LogP contribution is 2.39. The molecule has 0 saturated heterocycles. The number of carboxylic acids is 1. The van der Waals surface area contributed by atoms with E-state index >= 15 is 0 Å². The summed E-state index contributed by atoms with van der Waals surface area (Å²) in [6.45, 7) is 2.81. The number of rotatable bonds is 5. The van der Waals surface area contributed by atoms with E-state index in [9.17, 15) is 9.90 Å². The Bertz CT molecular complexity index is 1010. The topological polar surface area (TPSA) is 59.4 Å². The van der Waals surface area contributed by atoms with Gasteiger partial charge < -0.3 is 9.84 Å². The summed E-state index contributed by atoms with van der Waals surface area (Å²) >= 11 is 0. The zero-order valence-corrected chi connectivity index (χ0v) is 15.9. The second kappa shape index (κ2) is 7.85. The van der Waals surface area contributed by atoms with Gasteiger partial charge in [-0.15, -0.1) is 0 Å². The molecular weight excluding hydrogens is 350 g/mol.